The van der Waals surface area contributed by atoms with Crippen molar-refractivity contribution in [1.29, 1.82) is 0 Å². The molecule has 1 aromatic carbocycles. The lowest BCUT2D eigenvalue weighted by atomic mass is 9.81. The minimum atomic E-state index is 0.147. The first-order valence-electron chi connectivity index (χ1n) is 8.47. The van der Waals surface area contributed by atoms with Gasteiger partial charge in [0.1, 0.15) is 0 Å². The second-order valence-corrected chi connectivity index (χ2v) is 6.80. The molecule has 0 aromatic heterocycles. The van der Waals surface area contributed by atoms with Gasteiger partial charge >= 0.3 is 0 Å². The summed E-state index contributed by atoms with van der Waals surface area (Å²) >= 11 is 0. The molecule has 116 valence electrons. The van der Waals surface area contributed by atoms with Crippen LogP contribution in [0, 0.1) is 6.92 Å². The van der Waals surface area contributed by atoms with Gasteiger partial charge in [-0.2, -0.15) is 0 Å². The minimum Gasteiger partial charge on any atom is -0.365 e. The molecule has 0 aliphatic carbocycles. The van der Waals surface area contributed by atoms with Crippen LogP contribution in [0.4, 0.5) is 5.69 Å². The van der Waals surface area contributed by atoms with E-state index in [-0.39, 0.29) is 5.54 Å². The number of anilines is 1. The Kier molecular flexibility index (Phi) is 4.23. The van der Waals surface area contributed by atoms with Crippen molar-refractivity contribution in [3.63, 3.8) is 0 Å². The third kappa shape index (κ3) is 2.69. The number of likely N-dealkylation sites (N-methyl/N-ethyl adjacent to an activating group) is 1. The highest BCUT2D eigenvalue weighted by atomic mass is 15.3. The van der Waals surface area contributed by atoms with Gasteiger partial charge in [0.2, 0.25) is 0 Å². The average Bonchev–Trinajstić information content (AvgIpc) is 2.95. The first-order valence-corrected chi connectivity index (χ1v) is 8.47. The number of benzene rings is 1. The molecule has 2 atom stereocenters. The Morgan fingerprint density at radius 1 is 1.38 bits per heavy atom. The molecule has 3 heteroatoms. The number of aryl methyl sites for hydroxylation is 1. The van der Waals surface area contributed by atoms with Gasteiger partial charge in [0.25, 0.3) is 0 Å². The molecule has 2 saturated heterocycles. The molecule has 2 unspecified atom stereocenters. The van der Waals surface area contributed by atoms with Crippen molar-refractivity contribution in [3.05, 3.63) is 29.8 Å². The lowest BCUT2D eigenvalue weighted by molar-refractivity contribution is 0.129. The van der Waals surface area contributed by atoms with Crippen LogP contribution < -0.4 is 10.6 Å². The standard InChI is InChI=1S/C18H29N3/c1-3-21(16-7-4-6-15(2)12-16)18(14-19)9-11-20-10-5-8-17(20)13-18/h4,6-7,12,17H,3,5,8-11,13-14,19H2,1-2H3. The van der Waals surface area contributed by atoms with Gasteiger partial charge < -0.3 is 15.5 Å². The monoisotopic (exact) mass is 287 g/mol. The normalized spacial score (nSPS) is 29.4. The van der Waals surface area contributed by atoms with E-state index in [2.05, 4.69) is 47.9 Å². The van der Waals surface area contributed by atoms with Crippen molar-refractivity contribution in [2.24, 2.45) is 5.73 Å². The summed E-state index contributed by atoms with van der Waals surface area (Å²) in [5.74, 6) is 0. The molecule has 2 N–H and O–H groups in total. The van der Waals surface area contributed by atoms with E-state index in [4.69, 9.17) is 5.73 Å². The maximum absolute atomic E-state index is 6.31. The quantitative estimate of drug-likeness (QED) is 0.924. The van der Waals surface area contributed by atoms with E-state index in [1.807, 2.05) is 0 Å². The molecular weight excluding hydrogens is 258 g/mol. The first kappa shape index (κ1) is 14.9. The summed E-state index contributed by atoms with van der Waals surface area (Å²) in [6.45, 7) is 8.74. The Morgan fingerprint density at radius 2 is 2.24 bits per heavy atom. The van der Waals surface area contributed by atoms with Crippen LogP contribution in [0.3, 0.4) is 0 Å². The molecule has 3 rings (SSSR count). The van der Waals surface area contributed by atoms with E-state index in [1.165, 1.54) is 50.0 Å². The Bertz CT molecular complexity index is 487. The second-order valence-electron chi connectivity index (χ2n) is 6.80. The van der Waals surface area contributed by atoms with E-state index in [0.29, 0.717) is 0 Å². The van der Waals surface area contributed by atoms with E-state index in [1.54, 1.807) is 0 Å². The summed E-state index contributed by atoms with van der Waals surface area (Å²) in [6.07, 6.45) is 5.14. The SMILES string of the molecule is CCN(c1cccc(C)c1)C1(CN)CCN2CCCC2C1. The molecule has 2 aliphatic heterocycles. The zero-order chi connectivity index (χ0) is 14.9. The maximum Gasteiger partial charge on any atom is 0.0551 e. The Hall–Kier alpha value is -1.06. The zero-order valence-electron chi connectivity index (χ0n) is 13.5. The lowest BCUT2D eigenvalue weighted by Gasteiger charge is -2.51. The summed E-state index contributed by atoms with van der Waals surface area (Å²) in [6, 6.07) is 9.65. The number of nitrogens with zero attached hydrogens (tertiary/aromatic N) is 2. The third-order valence-electron chi connectivity index (χ3n) is 5.56. The lowest BCUT2D eigenvalue weighted by Crippen LogP contribution is -2.61. The van der Waals surface area contributed by atoms with Gasteiger partial charge in [-0.3, -0.25) is 0 Å². The van der Waals surface area contributed by atoms with Crippen LogP contribution in [0.5, 0.6) is 0 Å². The number of nitrogens with two attached hydrogens (primary N) is 1. The fraction of sp³-hybridized carbons (Fsp3) is 0.667. The molecule has 3 nitrogen and oxygen atoms in total. The van der Waals surface area contributed by atoms with Gasteiger partial charge in [0.15, 0.2) is 0 Å². The van der Waals surface area contributed by atoms with Gasteiger partial charge in [0.05, 0.1) is 5.54 Å². The molecule has 2 fully saturated rings. The highest BCUT2D eigenvalue weighted by molar-refractivity contribution is 5.51. The summed E-state index contributed by atoms with van der Waals surface area (Å²) in [5.41, 5.74) is 9.13. The molecule has 0 bridgehead atoms. The van der Waals surface area contributed by atoms with E-state index < -0.39 is 0 Å². The molecule has 1 aromatic rings. The molecule has 2 heterocycles. The van der Waals surface area contributed by atoms with E-state index in [0.717, 1.165) is 19.1 Å². The van der Waals surface area contributed by atoms with Crippen molar-refractivity contribution in [2.45, 2.75) is 51.1 Å². The number of piperidine rings is 1. The maximum atomic E-state index is 6.31. The van der Waals surface area contributed by atoms with Crippen LogP contribution in [-0.2, 0) is 0 Å². The minimum absolute atomic E-state index is 0.147. The smallest absolute Gasteiger partial charge is 0.0551 e. The Labute approximate surface area is 129 Å². The number of hydrogen-bond donors (Lipinski definition) is 1. The largest absolute Gasteiger partial charge is 0.365 e. The Morgan fingerprint density at radius 3 is 2.95 bits per heavy atom. The molecule has 0 amide bonds. The fourth-order valence-electron chi connectivity index (χ4n) is 4.44. The summed E-state index contributed by atoms with van der Waals surface area (Å²) in [5, 5.41) is 0. The van der Waals surface area contributed by atoms with Crippen molar-refractivity contribution >= 4 is 5.69 Å². The van der Waals surface area contributed by atoms with Gasteiger partial charge in [-0.25, -0.2) is 0 Å². The predicted molar refractivity (Wildman–Crippen MR) is 89.8 cm³/mol. The van der Waals surface area contributed by atoms with Crippen LogP contribution in [0.1, 0.15) is 38.2 Å². The summed E-state index contributed by atoms with van der Waals surface area (Å²) in [4.78, 5) is 5.26. The van der Waals surface area contributed by atoms with Crippen molar-refractivity contribution in [1.82, 2.24) is 4.90 Å². The highest BCUT2D eigenvalue weighted by Gasteiger charge is 2.44. The molecule has 0 saturated carbocycles. The summed E-state index contributed by atoms with van der Waals surface area (Å²) < 4.78 is 0. The molecule has 0 spiro atoms. The van der Waals surface area contributed by atoms with E-state index in [9.17, 15) is 0 Å². The highest BCUT2D eigenvalue weighted by Crippen LogP contribution is 2.38. The van der Waals surface area contributed by atoms with Crippen LogP contribution >= 0.6 is 0 Å². The van der Waals surface area contributed by atoms with Crippen LogP contribution in [-0.4, -0.2) is 42.7 Å². The number of rotatable bonds is 4. The van der Waals surface area contributed by atoms with Gasteiger partial charge in [-0.05, 0) is 63.8 Å². The van der Waals surface area contributed by atoms with Crippen molar-refractivity contribution < 1.29 is 0 Å². The number of hydrogen-bond acceptors (Lipinski definition) is 3. The molecule has 0 radical (unpaired) electrons. The molecule has 21 heavy (non-hydrogen) atoms. The molecule has 2 aliphatic rings. The van der Waals surface area contributed by atoms with Crippen molar-refractivity contribution in [3.8, 4) is 0 Å². The molecular formula is C18H29N3. The van der Waals surface area contributed by atoms with Crippen LogP contribution in [0.25, 0.3) is 0 Å². The fourth-order valence-corrected chi connectivity index (χ4v) is 4.44. The number of fused-ring (bicyclic) bond motifs is 1. The van der Waals surface area contributed by atoms with Gasteiger partial charge in [0, 0.05) is 31.4 Å². The second kappa shape index (κ2) is 5.98. The van der Waals surface area contributed by atoms with Crippen LogP contribution in [0.15, 0.2) is 24.3 Å². The Balaban J connectivity index is 1.89. The average molecular weight is 287 g/mol. The zero-order valence-corrected chi connectivity index (χ0v) is 13.5. The summed E-state index contributed by atoms with van der Waals surface area (Å²) in [7, 11) is 0. The van der Waals surface area contributed by atoms with Crippen molar-refractivity contribution in [2.75, 3.05) is 31.1 Å². The van der Waals surface area contributed by atoms with Gasteiger partial charge in [-0.1, -0.05) is 12.1 Å². The van der Waals surface area contributed by atoms with E-state index >= 15 is 0 Å². The predicted octanol–water partition coefficient (Wildman–Crippen LogP) is 2.78. The van der Waals surface area contributed by atoms with Gasteiger partial charge in [-0.15, -0.1) is 0 Å². The first-order chi connectivity index (χ1) is 10.2. The van der Waals surface area contributed by atoms with Crippen LogP contribution in [0.2, 0.25) is 0 Å². The third-order valence-corrected chi connectivity index (χ3v) is 5.56. The topological polar surface area (TPSA) is 32.5 Å².